The van der Waals surface area contributed by atoms with Gasteiger partial charge in [0.1, 0.15) is 0 Å². The van der Waals surface area contributed by atoms with Crippen molar-refractivity contribution in [1.82, 2.24) is 9.36 Å². The Balaban J connectivity index is 2.81. The van der Waals surface area contributed by atoms with Crippen LogP contribution < -0.4 is 5.56 Å². The zero-order valence-corrected chi connectivity index (χ0v) is 8.87. The van der Waals surface area contributed by atoms with Crippen molar-refractivity contribution in [2.24, 2.45) is 5.92 Å². The molecule has 1 aliphatic rings. The number of carbonyl (C=O) groups is 1. The molecule has 76 valence electrons. The largest absolute Gasteiger partial charge is 0.277 e. The van der Waals surface area contributed by atoms with Gasteiger partial charge < -0.3 is 0 Å². The Morgan fingerprint density at radius 2 is 1.71 bits per heavy atom. The van der Waals surface area contributed by atoms with Crippen LogP contribution in [0.3, 0.4) is 0 Å². The van der Waals surface area contributed by atoms with Crippen LogP contribution in [-0.4, -0.2) is 15.3 Å². The molecule has 0 saturated heterocycles. The zero-order chi connectivity index (χ0) is 10.6. The molecule has 2 atom stereocenters. The lowest BCUT2D eigenvalue weighted by Gasteiger charge is -2.10. The molecule has 1 aromatic rings. The Morgan fingerprint density at radius 3 is 2.21 bits per heavy atom. The van der Waals surface area contributed by atoms with Gasteiger partial charge in [-0.15, -0.1) is 0 Å². The van der Waals surface area contributed by atoms with Gasteiger partial charge in [0.2, 0.25) is 0 Å². The van der Waals surface area contributed by atoms with Gasteiger partial charge >= 0.3 is 0 Å². The Kier molecular flexibility index (Phi) is 1.71. The molecule has 2 unspecified atom stereocenters. The highest BCUT2D eigenvalue weighted by molar-refractivity contribution is 5.82. The minimum atomic E-state index is -0.163. The van der Waals surface area contributed by atoms with Crippen molar-refractivity contribution in [3.05, 3.63) is 21.6 Å². The Labute approximate surface area is 82.1 Å². The van der Waals surface area contributed by atoms with Crippen molar-refractivity contribution in [1.29, 1.82) is 0 Å². The van der Waals surface area contributed by atoms with Gasteiger partial charge in [0.25, 0.3) is 11.5 Å². The Morgan fingerprint density at radius 1 is 1.14 bits per heavy atom. The van der Waals surface area contributed by atoms with Crippen molar-refractivity contribution in [2.45, 2.75) is 33.7 Å². The van der Waals surface area contributed by atoms with E-state index in [1.165, 1.54) is 4.68 Å². The molecule has 0 N–H and O–H groups in total. The van der Waals surface area contributed by atoms with Gasteiger partial charge in [-0.3, -0.25) is 14.3 Å². The molecule has 1 aliphatic heterocycles. The second-order valence-corrected chi connectivity index (χ2v) is 4.04. The molecular formula is C10H14N2O2. The summed E-state index contributed by atoms with van der Waals surface area (Å²) in [6.07, 6.45) is 0. The van der Waals surface area contributed by atoms with Gasteiger partial charge in [0, 0.05) is 11.3 Å². The second kappa shape index (κ2) is 2.59. The zero-order valence-electron chi connectivity index (χ0n) is 8.87. The molecule has 0 aromatic carbocycles. The quantitative estimate of drug-likeness (QED) is 0.621. The van der Waals surface area contributed by atoms with Crippen molar-refractivity contribution in [2.75, 3.05) is 0 Å². The number of aromatic nitrogens is 2. The van der Waals surface area contributed by atoms with Crippen molar-refractivity contribution in [3.8, 4) is 0 Å². The normalized spacial score (nSPS) is 25.6. The third-order valence-electron chi connectivity index (χ3n) is 3.32. The van der Waals surface area contributed by atoms with Crippen molar-refractivity contribution in [3.63, 3.8) is 0 Å². The van der Waals surface area contributed by atoms with E-state index in [0.717, 1.165) is 5.69 Å². The average Bonchev–Trinajstić information content (AvgIpc) is 2.51. The highest BCUT2D eigenvalue weighted by Gasteiger charge is 2.36. The molecule has 0 radical (unpaired) electrons. The fourth-order valence-electron chi connectivity index (χ4n) is 2.04. The van der Waals surface area contributed by atoms with Crippen LogP contribution in [-0.2, 0) is 0 Å². The van der Waals surface area contributed by atoms with E-state index >= 15 is 0 Å². The maximum Gasteiger partial charge on any atom is 0.277 e. The molecule has 1 aromatic heterocycles. The molecule has 0 spiro atoms. The first-order chi connectivity index (χ1) is 6.46. The first kappa shape index (κ1) is 9.24. The lowest BCUT2D eigenvalue weighted by Crippen LogP contribution is -2.25. The third-order valence-corrected chi connectivity index (χ3v) is 3.32. The fourth-order valence-corrected chi connectivity index (χ4v) is 2.04. The summed E-state index contributed by atoms with van der Waals surface area (Å²) >= 11 is 0. The van der Waals surface area contributed by atoms with Crippen molar-refractivity contribution < 1.29 is 4.79 Å². The van der Waals surface area contributed by atoms with Crippen LogP contribution in [0.5, 0.6) is 0 Å². The summed E-state index contributed by atoms with van der Waals surface area (Å²) in [5, 5.41) is 0. The molecule has 0 aliphatic carbocycles. The van der Waals surface area contributed by atoms with Crippen molar-refractivity contribution >= 4 is 5.91 Å². The number of hydrogen-bond donors (Lipinski definition) is 0. The van der Waals surface area contributed by atoms with Gasteiger partial charge in [-0.1, -0.05) is 6.92 Å². The minimum Gasteiger partial charge on any atom is -0.276 e. The van der Waals surface area contributed by atoms with Crippen LogP contribution in [0.4, 0.5) is 0 Å². The van der Waals surface area contributed by atoms with E-state index in [2.05, 4.69) is 0 Å². The number of hydrogen-bond acceptors (Lipinski definition) is 2. The van der Waals surface area contributed by atoms with E-state index in [1.54, 1.807) is 6.92 Å². The molecule has 4 nitrogen and oxygen atoms in total. The van der Waals surface area contributed by atoms with E-state index in [9.17, 15) is 9.59 Å². The number of carbonyl (C=O) groups excluding carboxylic acids is 1. The van der Waals surface area contributed by atoms with E-state index in [-0.39, 0.29) is 23.4 Å². The van der Waals surface area contributed by atoms with Gasteiger partial charge in [-0.05, 0) is 20.8 Å². The molecule has 0 saturated carbocycles. The lowest BCUT2D eigenvalue weighted by molar-refractivity contribution is 0.0861. The lowest BCUT2D eigenvalue weighted by atomic mass is 10.0. The number of rotatable bonds is 0. The summed E-state index contributed by atoms with van der Waals surface area (Å²) in [6, 6.07) is 0.0869. The van der Waals surface area contributed by atoms with Crippen LogP contribution in [0.2, 0.25) is 0 Å². The maximum absolute atomic E-state index is 11.7. The molecule has 0 fully saturated rings. The average molecular weight is 194 g/mol. The predicted molar refractivity (Wildman–Crippen MR) is 52.7 cm³/mol. The second-order valence-electron chi connectivity index (χ2n) is 4.04. The molecule has 2 rings (SSSR count). The van der Waals surface area contributed by atoms with Gasteiger partial charge in [-0.25, -0.2) is 0 Å². The molecule has 0 bridgehead atoms. The summed E-state index contributed by atoms with van der Waals surface area (Å²) in [4.78, 5) is 23.4. The topological polar surface area (TPSA) is 44.0 Å². The van der Waals surface area contributed by atoms with Crippen LogP contribution in [0, 0.1) is 19.8 Å². The van der Waals surface area contributed by atoms with Gasteiger partial charge in [-0.2, -0.15) is 4.68 Å². The summed E-state index contributed by atoms with van der Waals surface area (Å²) in [5.41, 5.74) is 1.42. The van der Waals surface area contributed by atoms with Crippen LogP contribution in [0.25, 0.3) is 0 Å². The first-order valence-corrected chi connectivity index (χ1v) is 4.81. The first-order valence-electron chi connectivity index (χ1n) is 4.81. The Hall–Kier alpha value is -1.32. The summed E-state index contributed by atoms with van der Waals surface area (Å²) in [5.74, 6) is -0.180. The molecule has 0 amide bonds. The fraction of sp³-hybridized carbons (Fsp3) is 0.600. The van der Waals surface area contributed by atoms with E-state index < -0.39 is 0 Å². The third kappa shape index (κ3) is 0.832. The highest BCUT2D eigenvalue weighted by Crippen LogP contribution is 2.27. The van der Waals surface area contributed by atoms with E-state index in [1.807, 2.05) is 25.5 Å². The molecular weight excluding hydrogens is 180 g/mol. The van der Waals surface area contributed by atoms with Crippen LogP contribution >= 0.6 is 0 Å². The summed E-state index contributed by atoms with van der Waals surface area (Å²) in [6.45, 7) is 7.48. The SMILES string of the molecule is Cc1c(C)n2n(c1=O)C(=O)C(C)C2C. The number of fused-ring (bicyclic) bond motifs is 1. The molecule has 14 heavy (non-hydrogen) atoms. The van der Waals surface area contributed by atoms with E-state index in [0.29, 0.717) is 5.56 Å². The van der Waals surface area contributed by atoms with Crippen LogP contribution in [0.15, 0.2) is 4.79 Å². The minimum absolute atomic E-state index is 0.0845. The monoisotopic (exact) mass is 194 g/mol. The highest BCUT2D eigenvalue weighted by atomic mass is 16.2. The van der Waals surface area contributed by atoms with Gasteiger partial charge in [0.05, 0.1) is 12.0 Å². The van der Waals surface area contributed by atoms with E-state index in [4.69, 9.17) is 0 Å². The maximum atomic E-state index is 11.7. The Bertz CT molecular complexity index is 467. The number of nitrogens with zero attached hydrogens (tertiary/aromatic N) is 2. The molecule has 4 heteroatoms. The standard InChI is InChI=1S/C10H14N2O2/c1-5-7(3)11-8(4)6(2)10(14)12(11)9(5)13/h5,7H,1-4H3. The molecule has 2 heterocycles. The summed E-state index contributed by atoms with van der Waals surface area (Å²) in [7, 11) is 0. The summed E-state index contributed by atoms with van der Waals surface area (Å²) < 4.78 is 3.09. The predicted octanol–water partition coefficient (Wildman–Crippen LogP) is 1.12. The van der Waals surface area contributed by atoms with Crippen LogP contribution in [0.1, 0.15) is 35.9 Å². The smallest absolute Gasteiger partial charge is 0.276 e. The van der Waals surface area contributed by atoms with Gasteiger partial charge in [0.15, 0.2) is 0 Å².